The van der Waals surface area contributed by atoms with E-state index in [1.807, 2.05) is 11.9 Å². The van der Waals surface area contributed by atoms with Crippen LogP contribution in [-0.2, 0) is 9.59 Å². The lowest BCUT2D eigenvalue weighted by molar-refractivity contribution is -0.137. The Kier molecular flexibility index (Phi) is 4.73. The molecule has 2 atom stereocenters. The molecule has 1 amide bonds. The summed E-state index contributed by atoms with van der Waals surface area (Å²) in [6, 6.07) is -0.398. The van der Waals surface area contributed by atoms with Crippen molar-refractivity contribution in [3.8, 4) is 0 Å². The maximum Gasteiger partial charge on any atom is 0.305 e. The zero-order valence-electron chi connectivity index (χ0n) is 9.90. The van der Waals surface area contributed by atoms with Crippen molar-refractivity contribution in [2.24, 2.45) is 0 Å². The number of carboxylic acids is 1. The Balaban J connectivity index is 2.41. The molecule has 0 spiro atoms. The first-order valence-electron chi connectivity index (χ1n) is 5.73. The fourth-order valence-electron chi connectivity index (χ4n) is 2.06. The number of carbonyl (C=O) groups is 2. The van der Waals surface area contributed by atoms with Crippen molar-refractivity contribution in [2.75, 3.05) is 13.6 Å². The lowest BCUT2D eigenvalue weighted by Gasteiger charge is -2.32. The molecular weight excluding hydrogens is 208 g/mol. The molecule has 1 aliphatic heterocycles. The minimum absolute atomic E-state index is 0.0256. The van der Waals surface area contributed by atoms with Crippen molar-refractivity contribution in [1.29, 1.82) is 0 Å². The minimum atomic E-state index is -0.884. The second-order valence-corrected chi connectivity index (χ2v) is 4.50. The number of carbonyl (C=O) groups excluding carboxylic acids is 1. The molecule has 0 saturated carbocycles. The Hall–Kier alpha value is -1.10. The number of piperidine rings is 1. The molecule has 1 rings (SSSR count). The van der Waals surface area contributed by atoms with Crippen LogP contribution in [0.5, 0.6) is 0 Å². The molecule has 1 fully saturated rings. The first kappa shape index (κ1) is 13.0. The van der Waals surface area contributed by atoms with Gasteiger partial charge in [-0.3, -0.25) is 14.5 Å². The third-order valence-electron chi connectivity index (χ3n) is 2.94. The van der Waals surface area contributed by atoms with Gasteiger partial charge in [-0.25, -0.2) is 0 Å². The molecule has 0 bridgehead atoms. The summed E-state index contributed by atoms with van der Waals surface area (Å²) in [5, 5.41) is 11.3. The van der Waals surface area contributed by atoms with E-state index in [1.165, 1.54) is 0 Å². The van der Waals surface area contributed by atoms with Gasteiger partial charge in [-0.1, -0.05) is 6.42 Å². The predicted molar refractivity (Wildman–Crippen MR) is 60.1 cm³/mol. The van der Waals surface area contributed by atoms with Crippen molar-refractivity contribution in [3.63, 3.8) is 0 Å². The average Bonchev–Trinajstić information content (AvgIpc) is 2.16. The highest BCUT2D eigenvalue weighted by Gasteiger charge is 2.26. The number of carboxylic acid groups (broad SMARTS) is 1. The van der Waals surface area contributed by atoms with Crippen molar-refractivity contribution in [3.05, 3.63) is 0 Å². The van der Waals surface area contributed by atoms with Gasteiger partial charge >= 0.3 is 5.97 Å². The van der Waals surface area contributed by atoms with Crippen molar-refractivity contribution < 1.29 is 14.7 Å². The smallest absolute Gasteiger partial charge is 0.305 e. The second kappa shape index (κ2) is 5.84. The summed E-state index contributed by atoms with van der Waals surface area (Å²) in [5.74, 6) is -0.930. The van der Waals surface area contributed by atoms with E-state index in [-0.39, 0.29) is 24.4 Å². The molecule has 5 nitrogen and oxygen atoms in total. The zero-order chi connectivity index (χ0) is 12.1. The summed E-state index contributed by atoms with van der Waals surface area (Å²) in [7, 11) is 1.94. The third-order valence-corrected chi connectivity index (χ3v) is 2.94. The lowest BCUT2D eigenvalue weighted by Crippen LogP contribution is -2.50. The van der Waals surface area contributed by atoms with Crippen LogP contribution in [0.2, 0.25) is 0 Å². The maximum absolute atomic E-state index is 11.9. The van der Waals surface area contributed by atoms with E-state index in [0.29, 0.717) is 0 Å². The van der Waals surface area contributed by atoms with Crippen LogP contribution in [0.15, 0.2) is 0 Å². The lowest BCUT2D eigenvalue weighted by atomic mass is 10.0. The Morgan fingerprint density at radius 1 is 1.50 bits per heavy atom. The topological polar surface area (TPSA) is 69.6 Å². The standard InChI is InChI=1S/C11H20N2O3/c1-8(7-10(14)15)12-11(16)9-5-3-4-6-13(9)2/h8-9H,3-7H2,1-2H3,(H,12,16)(H,14,15). The van der Waals surface area contributed by atoms with Crippen molar-refractivity contribution >= 4 is 11.9 Å². The molecule has 2 N–H and O–H groups in total. The van der Waals surface area contributed by atoms with Crippen molar-refractivity contribution in [1.82, 2.24) is 10.2 Å². The molecule has 0 aromatic rings. The molecule has 1 heterocycles. The third kappa shape index (κ3) is 3.81. The van der Waals surface area contributed by atoms with Gasteiger partial charge in [-0.2, -0.15) is 0 Å². The van der Waals surface area contributed by atoms with Gasteiger partial charge in [-0.15, -0.1) is 0 Å². The average molecular weight is 228 g/mol. The van der Waals surface area contributed by atoms with Crippen molar-refractivity contribution in [2.45, 2.75) is 44.7 Å². The summed E-state index contributed by atoms with van der Waals surface area (Å²) in [6.45, 7) is 2.65. The molecule has 1 saturated heterocycles. The van der Waals surface area contributed by atoms with Gasteiger partial charge in [0.15, 0.2) is 0 Å². The van der Waals surface area contributed by atoms with Crippen LogP contribution in [0.4, 0.5) is 0 Å². The SMILES string of the molecule is CC(CC(=O)O)NC(=O)C1CCCCN1C. The van der Waals surface area contributed by atoms with E-state index in [2.05, 4.69) is 5.32 Å². The number of hydrogen-bond donors (Lipinski definition) is 2. The Morgan fingerprint density at radius 2 is 2.19 bits per heavy atom. The van der Waals surface area contributed by atoms with E-state index in [1.54, 1.807) is 6.92 Å². The molecule has 5 heteroatoms. The van der Waals surface area contributed by atoms with Crippen LogP contribution in [0, 0.1) is 0 Å². The van der Waals surface area contributed by atoms with Crippen LogP contribution in [-0.4, -0.2) is 47.6 Å². The second-order valence-electron chi connectivity index (χ2n) is 4.50. The number of hydrogen-bond acceptors (Lipinski definition) is 3. The molecule has 0 aromatic carbocycles. The van der Waals surface area contributed by atoms with Crippen LogP contribution in [0.3, 0.4) is 0 Å². The predicted octanol–water partition coefficient (Wildman–Crippen LogP) is 0.450. The Morgan fingerprint density at radius 3 is 2.75 bits per heavy atom. The largest absolute Gasteiger partial charge is 0.481 e. The summed E-state index contributed by atoms with van der Waals surface area (Å²) >= 11 is 0. The van der Waals surface area contributed by atoms with E-state index in [9.17, 15) is 9.59 Å². The first-order chi connectivity index (χ1) is 7.50. The normalized spacial score (nSPS) is 23.8. The summed E-state index contributed by atoms with van der Waals surface area (Å²) in [6.07, 6.45) is 3.03. The van der Waals surface area contributed by atoms with Gasteiger partial charge in [0, 0.05) is 6.04 Å². The fraction of sp³-hybridized carbons (Fsp3) is 0.818. The highest BCUT2D eigenvalue weighted by molar-refractivity contribution is 5.82. The number of rotatable bonds is 4. The van der Waals surface area contributed by atoms with Crippen LogP contribution in [0.1, 0.15) is 32.6 Å². The molecule has 0 aromatic heterocycles. The Bertz CT molecular complexity index is 268. The first-order valence-corrected chi connectivity index (χ1v) is 5.73. The minimum Gasteiger partial charge on any atom is -0.481 e. The maximum atomic E-state index is 11.9. The van der Waals surface area contributed by atoms with Gasteiger partial charge in [0.1, 0.15) is 0 Å². The van der Waals surface area contributed by atoms with Gasteiger partial charge in [-0.05, 0) is 33.4 Å². The monoisotopic (exact) mass is 228 g/mol. The highest BCUT2D eigenvalue weighted by Crippen LogP contribution is 2.15. The van der Waals surface area contributed by atoms with Gasteiger partial charge in [0.2, 0.25) is 5.91 Å². The molecule has 92 valence electrons. The number of likely N-dealkylation sites (tertiary alicyclic amines) is 1. The molecule has 1 aliphatic rings. The van der Waals surface area contributed by atoms with Gasteiger partial charge in [0.05, 0.1) is 12.5 Å². The van der Waals surface area contributed by atoms with Gasteiger partial charge in [0.25, 0.3) is 0 Å². The van der Waals surface area contributed by atoms with E-state index >= 15 is 0 Å². The van der Waals surface area contributed by atoms with Gasteiger partial charge < -0.3 is 10.4 Å². The van der Waals surface area contributed by atoms with E-state index in [0.717, 1.165) is 25.8 Å². The van der Waals surface area contributed by atoms with Crippen LogP contribution in [0.25, 0.3) is 0 Å². The molecular formula is C11H20N2O3. The van der Waals surface area contributed by atoms with Crippen LogP contribution < -0.4 is 5.32 Å². The molecule has 0 aliphatic carbocycles. The highest BCUT2D eigenvalue weighted by atomic mass is 16.4. The molecule has 0 radical (unpaired) electrons. The number of aliphatic carboxylic acids is 1. The summed E-state index contributed by atoms with van der Waals surface area (Å²) in [5.41, 5.74) is 0. The summed E-state index contributed by atoms with van der Waals surface area (Å²) in [4.78, 5) is 24.4. The number of nitrogens with one attached hydrogen (secondary N) is 1. The summed E-state index contributed by atoms with van der Waals surface area (Å²) < 4.78 is 0. The van der Waals surface area contributed by atoms with E-state index in [4.69, 9.17) is 5.11 Å². The van der Waals surface area contributed by atoms with E-state index < -0.39 is 5.97 Å². The van der Waals surface area contributed by atoms with Crippen LogP contribution >= 0.6 is 0 Å². The molecule has 2 unspecified atom stereocenters. The quantitative estimate of drug-likeness (QED) is 0.733. The fourth-order valence-corrected chi connectivity index (χ4v) is 2.06. The Labute approximate surface area is 95.8 Å². The molecule has 16 heavy (non-hydrogen) atoms. The number of amides is 1. The number of nitrogens with zero attached hydrogens (tertiary/aromatic N) is 1. The number of likely N-dealkylation sites (N-methyl/N-ethyl adjacent to an activating group) is 1. The zero-order valence-corrected chi connectivity index (χ0v) is 9.90.